The van der Waals surface area contributed by atoms with Gasteiger partial charge in [0.05, 0.1) is 0 Å². The molecule has 0 spiro atoms. The van der Waals surface area contributed by atoms with Gasteiger partial charge in [-0.15, -0.1) is 0 Å². The lowest BCUT2D eigenvalue weighted by Crippen LogP contribution is -2.34. The second-order valence-electron chi connectivity index (χ2n) is 8.69. The molecule has 0 aliphatic carbocycles. The Morgan fingerprint density at radius 2 is 1.73 bits per heavy atom. The second-order valence-corrected chi connectivity index (χ2v) is 9.54. The van der Waals surface area contributed by atoms with Crippen LogP contribution in [0, 0.1) is 25.7 Å². The highest BCUT2D eigenvalue weighted by Crippen LogP contribution is 2.32. The molecule has 2 fully saturated rings. The number of nitrogens with zero attached hydrogens (tertiary/aromatic N) is 2. The summed E-state index contributed by atoms with van der Waals surface area (Å²) in [5.41, 5.74) is 3.91. The first-order chi connectivity index (χ1) is 14.4. The minimum atomic E-state index is 0.145. The number of nitrogens with one attached hydrogen (secondary N) is 1. The van der Waals surface area contributed by atoms with Crippen molar-refractivity contribution >= 4 is 34.8 Å². The third kappa shape index (κ3) is 4.77. The predicted molar refractivity (Wildman–Crippen MR) is 125 cm³/mol. The van der Waals surface area contributed by atoms with Crippen molar-refractivity contribution < 1.29 is 4.79 Å². The number of anilines is 1. The molecule has 2 aliphatic heterocycles. The maximum Gasteiger partial charge on any atom is 0.254 e. The quantitative estimate of drug-likeness (QED) is 0.626. The van der Waals surface area contributed by atoms with Crippen molar-refractivity contribution in [3.8, 4) is 0 Å². The zero-order chi connectivity index (χ0) is 21.3. The molecule has 2 unspecified atom stereocenters. The number of aryl methyl sites for hydroxylation is 2. The number of carbonyl (C=O) groups excluding carboxylic acids is 1. The van der Waals surface area contributed by atoms with Crippen molar-refractivity contribution in [2.75, 3.05) is 44.6 Å². The van der Waals surface area contributed by atoms with Crippen LogP contribution in [-0.2, 0) is 0 Å². The number of fused-ring (bicyclic) bond motifs is 1. The molecule has 1 amide bonds. The Morgan fingerprint density at radius 1 is 1.00 bits per heavy atom. The molecule has 0 radical (unpaired) electrons. The van der Waals surface area contributed by atoms with E-state index in [0.29, 0.717) is 16.9 Å². The van der Waals surface area contributed by atoms with Gasteiger partial charge in [0, 0.05) is 54.0 Å². The Hall–Kier alpha value is -1.75. The first-order valence-corrected chi connectivity index (χ1v) is 11.4. The van der Waals surface area contributed by atoms with Gasteiger partial charge >= 0.3 is 0 Å². The molecule has 2 saturated heterocycles. The average molecular weight is 446 g/mol. The van der Waals surface area contributed by atoms with E-state index in [9.17, 15) is 4.79 Å². The van der Waals surface area contributed by atoms with Crippen molar-refractivity contribution in [1.82, 2.24) is 9.80 Å². The molecule has 2 atom stereocenters. The van der Waals surface area contributed by atoms with Gasteiger partial charge < -0.3 is 15.1 Å². The highest BCUT2D eigenvalue weighted by molar-refractivity contribution is 6.31. The predicted octanol–water partition coefficient (Wildman–Crippen LogP) is 5.12. The fraction of sp³-hybridized carbons (Fsp3) is 0.458. The highest BCUT2D eigenvalue weighted by atomic mass is 35.5. The summed E-state index contributed by atoms with van der Waals surface area (Å²) < 4.78 is 0. The van der Waals surface area contributed by atoms with E-state index in [4.69, 9.17) is 23.2 Å². The van der Waals surface area contributed by atoms with Gasteiger partial charge in [0.2, 0.25) is 0 Å². The summed E-state index contributed by atoms with van der Waals surface area (Å²) in [7, 11) is 0. The molecule has 4 nitrogen and oxygen atoms in total. The molecular formula is C24H29Cl2N3O. The van der Waals surface area contributed by atoms with E-state index >= 15 is 0 Å². The summed E-state index contributed by atoms with van der Waals surface area (Å²) in [5.74, 6) is 1.32. The summed E-state index contributed by atoms with van der Waals surface area (Å²) in [4.78, 5) is 17.5. The number of amides is 1. The van der Waals surface area contributed by atoms with Crippen LogP contribution in [0.5, 0.6) is 0 Å². The lowest BCUT2D eigenvalue weighted by Gasteiger charge is -2.22. The zero-order valence-electron chi connectivity index (χ0n) is 17.6. The number of hydrogen-bond donors (Lipinski definition) is 1. The van der Waals surface area contributed by atoms with Gasteiger partial charge in [0.25, 0.3) is 5.91 Å². The Labute approximate surface area is 189 Å². The molecule has 160 valence electrons. The van der Waals surface area contributed by atoms with Gasteiger partial charge in [0.1, 0.15) is 0 Å². The molecule has 4 rings (SSSR count). The topological polar surface area (TPSA) is 35.6 Å². The van der Waals surface area contributed by atoms with Crippen molar-refractivity contribution in [1.29, 1.82) is 0 Å². The summed E-state index contributed by atoms with van der Waals surface area (Å²) in [6.45, 7) is 9.90. The summed E-state index contributed by atoms with van der Waals surface area (Å²) in [6, 6.07) is 11.6. The van der Waals surface area contributed by atoms with E-state index < -0.39 is 0 Å². The van der Waals surface area contributed by atoms with Crippen LogP contribution in [-0.4, -0.2) is 55.0 Å². The average Bonchev–Trinajstić information content (AvgIpc) is 3.26. The summed E-state index contributed by atoms with van der Waals surface area (Å²) >= 11 is 12.2. The molecule has 0 saturated carbocycles. The maximum absolute atomic E-state index is 12.9. The standard InChI is InChI=1S/C24H29Cl2N3O/c1-16-4-6-21(11-23(16)26)27-8-3-9-28-12-18-14-29(15-19(18)13-28)24(30)22-7-5-20(25)10-17(22)2/h4-7,10-11,18-19,27H,3,8-9,12-15H2,1-2H3. The normalized spacial score (nSPS) is 21.1. The molecule has 2 heterocycles. The lowest BCUT2D eigenvalue weighted by molar-refractivity contribution is 0.0773. The van der Waals surface area contributed by atoms with Crippen LogP contribution in [0.25, 0.3) is 0 Å². The zero-order valence-corrected chi connectivity index (χ0v) is 19.1. The number of halogens is 2. The molecule has 2 aromatic carbocycles. The summed E-state index contributed by atoms with van der Waals surface area (Å²) in [5, 5.41) is 4.95. The van der Waals surface area contributed by atoms with Gasteiger partial charge in [-0.05, 0) is 80.1 Å². The van der Waals surface area contributed by atoms with Crippen LogP contribution in [0.4, 0.5) is 5.69 Å². The van der Waals surface area contributed by atoms with Gasteiger partial charge in [-0.25, -0.2) is 0 Å². The van der Waals surface area contributed by atoms with Crippen molar-refractivity contribution in [3.63, 3.8) is 0 Å². The Morgan fingerprint density at radius 3 is 2.40 bits per heavy atom. The minimum absolute atomic E-state index is 0.145. The summed E-state index contributed by atoms with van der Waals surface area (Å²) in [6.07, 6.45) is 1.09. The molecule has 30 heavy (non-hydrogen) atoms. The number of carbonyl (C=O) groups is 1. The lowest BCUT2D eigenvalue weighted by atomic mass is 10.0. The molecule has 0 aromatic heterocycles. The maximum atomic E-state index is 12.9. The fourth-order valence-electron chi connectivity index (χ4n) is 4.71. The molecule has 0 bridgehead atoms. The van der Waals surface area contributed by atoms with E-state index in [2.05, 4.69) is 16.3 Å². The Bertz CT molecular complexity index is 919. The van der Waals surface area contributed by atoms with E-state index in [0.717, 1.165) is 73.1 Å². The van der Waals surface area contributed by atoms with Crippen LogP contribution < -0.4 is 5.32 Å². The largest absolute Gasteiger partial charge is 0.385 e. The highest BCUT2D eigenvalue weighted by Gasteiger charge is 2.41. The Balaban J connectivity index is 1.21. The molecule has 6 heteroatoms. The SMILES string of the molecule is Cc1ccc(NCCCN2CC3CN(C(=O)c4ccc(Cl)cc4C)CC3C2)cc1Cl. The van der Waals surface area contributed by atoms with E-state index in [1.165, 1.54) is 0 Å². The van der Waals surface area contributed by atoms with Crippen molar-refractivity contribution in [2.24, 2.45) is 11.8 Å². The minimum Gasteiger partial charge on any atom is -0.385 e. The van der Waals surface area contributed by atoms with Crippen LogP contribution in [0.3, 0.4) is 0 Å². The number of likely N-dealkylation sites (tertiary alicyclic amines) is 2. The molecule has 2 aromatic rings. The number of rotatable bonds is 6. The Kier molecular flexibility index (Phi) is 6.57. The second kappa shape index (κ2) is 9.17. The molecule has 1 N–H and O–H groups in total. The van der Waals surface area contributed by atoms with Gasteiger partial charge in [-0.2, -0.15) is 0 Å². The van der Waals surface area contributed by atoms with E-state index in [-0.39, 0.29) is 5.91 Å². The van der Waals surface area contributed by atoms with E-state index in [1.807, 2.05) is 43.0 Å². The smallest absolute Gasteiger partial charge is 0.254 e. The third-order valence-corrected chi connectivity index (χ3v) is 7.06. The number of hydrogen-bond acceptors (Lipinski definition) is 3. The van der Waals surface area contributed by atoms with Crippen LogP contribution in [0.15, 0.2) is 36.4 Å². The van der Waals surface area contributed by atoms with E-state index in [1.54, 1.807) is 6.07 Å². The van der Waals surface area contributed by atoms with Gasteiger partial charge in [-0.1, -0.05) is 29.3 Å². The molecular weight excluding hydrogens is 417 g/mol. The molecule has 2 aliphatic rings. The number of benzene rings is 2. The van der Waals surface area contributed by atoms with Crippen molar-refractivity contribution in [2.45, 2.75) is 20.3 Å². The van der Waals surface area contributed by atoms with Crippen molar-refractivity contribution in [3.05, 3.63) is 63.1 Å². The van der Waals surface area contributed by atoms with Crippen LogP contribution >= 0.6 is 23.2 Å². The first-order valence-electron chi connectivity index (χ1n) is 10.7. The third-order valence-electron chi connectivity index (χ3n) is 6.42. The first kappa shape index (κ1) is 21.5. The monoisotopic (exact) mass is 445 g/mol. The van der Waals surface area contributed by atoms with Gasteiger partial charge in [0.15, 0.2) is 0 Å². The van der Waals surface area contributed by atoms with Crippen LogP contribution in [0.2, 0.25) is 10.0 Å². The van der Waals surface area contributed by atoms with Crippen LogP contribution in [0.1, 0.15) is 27.9 Å². The fourth-order valence-corrected chi connectivity index (χ4v) is 5.12. The van der Waals surface area contributed by atoms with Gasteiger partial charge in [-0.3, -0.25) is 4.79 Å².